The molecule has 0 aromatic heterocycles. The summed E-state index contributed by atoms with van der Waals surface area (Å²) >= 11 is 0. The highest BCUT2D eigenvalue weighted by atomic mass is 16.6. The van der Waals surface area contributed by atoms with Crippen molar-refractivity contribution in [3.63, 3.8) is 0 Å². The number of benzene rings is 2. The number of rotatable bonds is 6. The van der Waals surface area contributed by atoms with E-state index in [0.29, 0.717) is 30.2 Å². The van der Waals surface area contributed by atoms with Gasteiger partial charge in [0.15, 0.2) is 11.5 Å². The number of nitrogens with zero attached hydrogens (tertiary/aromatic N) is 1. The summed E-state index contributed by atoms with van der Waals surface area (Å²) in [4.78, 5) is 26.0. The van der Waals surface area contributed by atoms with Crippen LogP contribution in [0.1, 0.15) is 15.9 Å². The second kappa shape index (κ2) is 8.75. The molecule has 3 rings (SSSR count). The number of nitrogens with one attached hydrogen (secondary N) is 1. The monoisotopic (exact) mass is 384 g/mol. The van der Waals surface area contributed by atoms with Gasteiger partial charge in [-0.1, -0.05) is 18.2 Å². The van der Waals surface area contributed by atoms with E-state index in [1.807, 2.05) is 43.1 Å². The van der Waals surface area contributed by atoms with Crippen molar-refractivity contribution in [1.82, 2.24) is 4.90 Å². The molecule has 2 aromatic rings. The lowest BCUT2D eigenvalue weighted by molar-refractivity contribution is -0.117. The molecule has 1 heterocycles. The van der Waals surface area contributed by atoms with E-state index >= 15 is 0 Å². The molecule has 2 aromatic carbocycles. The van der Waals surface area contributed by atoms with E-state index in [9.17, 15) is 9.59 Å². The van der Waals surface area contributed by atoms with Gasteiger partial charge in [-0.2, -0.15) is 0 Å². The van der Waals surface area contributed by atoms with Gasteiger partial charge in [-0.05, 0) is 43.8 Å². The van der Waals surface area contributed by atoms with Crippen molar-refractivity contribution in [1.29, 1.82) is 0 Å². The predicted octanol–water partition coefficient (Wildman–Crippen LogP) is 2.49. The van der Waals surface area contributed by atoms with E-state index in [1.165, 1.54) is 7.11 Å². The Balaban J connectivity index is 1.54. The minimum atomic E-state index is -0.442. The maximum Gasteiger partial charge on any atom is 0.337 e. The first kappa shape index (κ1) is 19.7. The predicted molar refractivity (Wildman–Crippen MR) is 105 cm³/mol. The molecule has 7 nitrogen and oxygen atoms in total. The summed E-state index contributed by atoms with van der Waals surface area (Å²) in [6, 6.07) is 12.6. The normalized spacial score (nSPS) is 15.2. The van der Waals surface area contributed by atoms with Crippen LogP contribution in [-0.4, -0.2) is 56.7 Å². The smallest absolute Gasteiger partial charge is 0.337 e. The highest BCUT2D eigenvalue weighted by Gasteiger charge is 2.22. The standard InChI is InChI=1S/C21H24N2O5/c1-14-8-9-15(21(25)26-3)10-17(14)22-20(24)12-23(2)11-16-13-27-18-6-4-5-7-19(18)28-16/h4-10,16H,11-13H2,1-3H3,(H,22,24). The lowest BCUT2D eigenvalue weighted by Crippen LogP contribution is -2.42. The molecule has 0 bridgehead atoms. The quantitative estimate of drug-likeness (QED) is 0.771. The third-order valence-corrected chi connectivity index (χ3v) is 4.43. The molecule has 0 radical (unpaired) electrons. The number of anilines is 1. The highest BCUT2D eigenvalue weighted by Crippen LogP contribution is 2.30. The number of likely N-dealkylation sites (N-methyl/N-ethyl adjacent to an activating group) is 1. The molecular formula is C21H24N2O5. The number of ether oxygens (including phenoxy) is 3. The van der Waals surface area contributed by atoms with Crippen LogP contribution in [0.3, 0.4) is 0 Å². The van der Waals surface area contributed by atoms with Crippen molar-refractivity contribution in [3.8, 4) is 11.5 Å². The van der Waals surface area contributed by atoms with Crippen LogP contribution in [0.15, 0.2) is 42.5 Å². The Labute approximate surface area is 164 Å². The number of carbonyl (C=O) groups excluding carboxylic acids is 2. The van der Waals surface area contributed by atoms with Gasteiger partial charge in [-0.15, -0.1) is 0 Å². The molecule has 1 aliphatic rings. The largest absolute Gasteiger partial charge is 0.486 e. The minimum absolute atomic E-state index is 0.155. The second-order valence-corrected chi connectivity index (χ2v) is 6.76. The number of para-hydroxylation sites is 2. The van der Waals surface area contributed by atoms with Crippen molar-refractivity contribution in [3.05, 3.63) is 53.6 Å². The summed E-state index contributed by atoms with van der Waals surface area (Å²) < 4.78 is 16.4. The zero-order valence-corrected chi connectivity index (χ0v) is 16.2. The number of amides is 1. The molecule has 1 unspecified atom stereocenters. The Morgan fingerprint density at radius 2 is 1.96 bits per heavy atom. The third-order valence-electron chi connectivity index (χ3n) is 4.43. The number of fused-ring (bicyclic) bond motifs is 1. The third kappa shape index (κ3) is 4.80. The number of aryl methyl sites for hydroxylation is 1. The first-order chi connectivity index (χ1) is 13.5. The summed E-state index contributed by atoms with van der Waals surface area (Å²) in [6.07, 6.45) is -0.155. The number of carbonyl (C=O) groups is 2. The lowest BCUT2D eigenvalue weighted by atomic mass is 10.1. The average Bonchev–Trinajstić information content (AvgIpc) is 2.68. The van der Waals surface area contributed by atoms with E-state index in [0.717, 1.165) is 11.3 Å². The average molecular weight is 384 g/mol. The molecule has 0 aliphatic carbocycles. The fraction of sp³-hybridized carbons (Fsp3) is 0.333. The van der Waals surface area contributed by atoms with Gasteiger partial charge in [0.25, 0.3) is 0 Å². The van der Waals surface area contributed by atoms with E-state index < -0.39 is 5.97 Å². The summed E-state index contributed by atoms with van der Waals surface area (Å²) in [6.45, 7) is 3.03. The number of hydrogen-bond acceptors (Lipinski definition) is 6. The van der Waals surface area contributed by atoms with Crippen LogP contribution in [0, 0.1) is 6.92 Å². The second-order valence-electron chi connectivity index (χ2n) is 6.76. The summed E-state index contributed by atoms with van der Waals surface area (Å²) in [5.41, 5.74) is 1.85. The highest BCUT2D eigenvalue weighted by molar-refractivity contribution is 5.96. The Morgan fingerprint density at radius 3 is 2.71 bits per heavy atom. The maximum atomic E-state index is 12.4. The Kier molecular flexibility index (Phi) is 6.16. The van der Waals surface area contributed by atoms with Gasteiger partial charge in [-0.25, -0.2) is 4.79 Å². The topological polar surface area (TPSA) is 77.1 Å². The molecule has 1 amide bonds. The van der Waals surface area contributed by atoms with Crippen molar-refractivity contribution < 1.29 is 23.8 Å². The van der Waals surface area contributed by atoms with Crippen LogP contribution in [0.2, 0.25) is 0 Å². The molecule has 0 fully saturated rings. The minimum Gasteiger partial charge on any atom is -0.486 e. The van der Waals surface area contributed by atoms with Gasteiger partial charge in [0, 0.05) is 12.2 Å². The van der Waals surface area contributed by atoms with Crippen LogP contribution in [-0.2, 0) is 9.53 Å². The number of esters is 1. The molecule has 1 aliphatic heterocycles. The number of methoxy groups -OCH3 is 1. The molecule has 1 N–H and O–H groups in total. The van der Waals surface area contributed by atoms with Gasteiger partial charge in [0.2, 0.25) is 5.91 Å². The van der Waals surface area contributed by atoms with Gasteiger partial charge in [-0.3, -0.25) is 9.69 Å². The first-order valence-electron chi connectivity index (χ1n) is 9.02. The maximum absolute atomic E-state index is 12.4. The summed E-state index contributed by atoms with van der Waals surface area (Å²) in [7, 11) is 3.17. The molecular weight excluding hydrogens is 360 g/mol. The fourth-order valence-electron chi connectivity index (χ4n) is 3.00. The fourth-order valence-corrected chi connectivity index (χ4v) is 3.00. The van der Waals surface area contributed by atoms with Crippen molar-refractivity contribution in [2.24, 2.45) is 0 Å². The van der Waals surface area contributed by atoms with E-state index in [1.54, 1.807) is 18.2 Å². The molecule has 0 saturated heterocycles. The van der Waals surface area contributed by atoms with Crippen LogP contribution in [0.4, 0.5) is 5.69 Å². The molecule has 0 spiro atoms. The SMILES string of the molecule is COC(=O)c1ccc(C)c(NC(=O)CN(C)CC2COc3ccccc3O2)c1. The van der Waals surface area contributed by atoms with E-state index in [2.05, 4.69) is 5.32 Å². The van der Waals surface area contributed by atoms with Gasteiger partial charge in [0.05, 0.1) is 19.2 Å². The van der Waals surface area contributed by atoms with Crippen molar-refractivity contribution >= 4 is 17.6 Å². The zero-order chi connectivity index (χ0) is 20.1. The van der Waals surface area contributed by atoms with Gasteiger partial charge >= 0.3 is 5.97 Å². The zero-order valence-electron chi connectivity index (χ0n) is 16.2. The molecule has 7 heteroatoms. The van der Waals surface area contributed by atoms with Crippen LogP contribution < -0.4 is 14.8 Å². The molecule has 1 atom stereocenters. The summed E-state index contributed by atoms with van der Waals surface area (Å²) in [5.74, 6) is 0.832. The van der Waals surface area contributed by atoms with E-state index in [-0.39, 0.29) is 18.6 Å². The Morgan fingerprint density at radius 1 is 1.21 bits per heavy atom. The van der Waals surface area contributed by atoms with Crippen molar-refractivity contribution in [2.75, 3.05) is 39.2 Å². The van der Waals surface area contributed by atoms with E-state index in [4.69, 9.17) is 14.2 Å². The molecule has 0 saturated carbocycles. The van der Waals surface area contributed by atoms with Crippen LogP contribution >= 0.6 is 0 Å². The first-order valence-corrected chi connectivity index (χ1v) is 9.02. The number of hydrogen-bond donors (Lipinski definition) is 1. The summed E-state index contributed by atoms with van der Waals surface area (Å²) in [5, 5.41) is 2.85. The lowest BCUT2D eigenvalue weighted by Gasteiger charge is -2.29. The Hall–Kier alpha value is -3.06. The van der Waals surface area contributed by atoms with Gasteiger partial charge < -0.3 is 19.5 Å². The van der Waals surface area contributed by atoms with Crippen LogP contribution in [0.25, 0.3) is 0 Å². The van der Waals surface area contributed by atoms with Crippen molar-refractivity contribution in [2.45, 2.75) is 13.0 Å². The molecule has 148 valence electrons. The Bertz CT molecular complexity index is 868. The van der Waals surface area contributed by atoms with Crippen LogP contribution in [0.5, 0.6) is 11.5 Å². The molecule has 28 heavy (non-hydrogen) atoms. The van der Waals surface area contributed by atoms with Gasteiger partial charge in [0.1, 0.15) is 12.7 Å².